The van der Waals surface area contributed by atoms with Crippen molar-refractivity contribution < 1.29 is 33.0 Å². The quantitative estimate of drug-likeness (QED) is 0.0248. The number of nitriles is 1. The minimum absolute atomic E-state index is 0.0343. The molecule has 36 nitrogen and oxygen atoms in total. The van der Waals surface area contributed by atoms with Gasteiger partial charge in [-0.3, -0.25) is 24.9 Å². The topological polar surface area (TPSA) is 402 Å². The lowest BCUT2D eigenvalue weighted by molar-refractivity contribution is -0.644. The average Bonchev–Trinajstić information content (AvgIpc) is 1.62. The van der Waals surface area contributed by atoms with Crippen LogP contribution in [0.1, 0.15) is 106 Å². The lowest BCUT2D eigenvalue weighted by Crippen LogP contribution is -2.24. The Hall–Kier alpha value is -16.5. The lowest BCUT2D eigenvalue weighted by atomic mass is 10.2. The Morgan fingerprint density at radius 2 is 0.698 bits per heavy atom. The second kappa shape index (κ2) is 44.5. The van der Waals surface area contributed by atoms with Crippen molar-refractivity contribution in [2.24, 2.45) is 28.2 Å². The molecule has 0 spiro atoms. The molecule has 7 N–H and O–H groups in total. The van der Waals surface area contributed by atoms with Crippen molar-refractivity contribution in [1.29, 1.82) is 5.26 Å². The highest BCUT2D eigenvalue weighted by Crippen LogP contribution is 2.44. The fraction of sp³-hybridized carbons (Fsp3) is 0.252. The van der Waals surface area contributed by atoms with Crippen LogP contribution in [0.2, 0.25) is 0 Å². The number of hydrogen-bond acceptors (Lipinski definition) is 35. The van der Waals surface area contributed by atoms with Gasteiger partial charge in [0.05, 0.1) is 172 Å². The van der Waals surface area contributed by atoms with Crippen LogP contribution in [-0.2, 0) is 41.3 Å². The molecule has 24 rings (SSSR count). The summed E-state index contributed by atoms with van der Waals surface area (Å²) in [5.41, 5.74) is 23.3. The van der Waals surface area contributed by atoms with Crippen molar-refractivity contribution in [2.75, 3.05) is 45.1 Å². The Balaban J connectivity index is 0.000000112. The minimum Gasteiger partial charge on any atom is -0.492 e. The minimum atomic E-state index is 0.0343. The number of hydrogen-bond donors (Lipinski definition) is 7. The number of aromatic nitrogens is 23. The van der Waals surface area contributed by atoms with E-state index in [4.69, 9.17) is 58.3 Å². The summed E-state index contributed by atoms with van der Waals surface area (Å²) in [6, 6.07) is 41.7. The highest BCUT2D eigenvalue weighted by molar-refractivity contribution is 7.24. The molecule has 0 radical (unpaired) electrons. The molecule has 0 aliphatic rings. The van der Waals surface area contributed by atoms with Crippen LogP contribution in [0.3, 0.4) is 0 Å². The summed E-state index contributed by atoms with van der Waals surface area (Å²) >= 11 is 9.57. The number of nitrogens with zero attached hydrogens (tertiary/aromatic N) is 23. The first-order valence-corrected chi connectivity index (χ1v) is 53.3. The fourth-order valence-corrected chi connectivity index (χ4v) is 22.2. The van der Waals surface area contributed by atoms with E-state index in [0.29, 0.717) is 24.5 Å². The highest BCUT2D eigenvalue weighted by atomic mass is 32.1. The van der Waals surface area contributed by atoms with Crippen molar-refractivity contribution in [3.05, 3.63) is 225 Å². The SMILES string of the molecule is CC(C)Oc1ccc(C#N)cc1Nc1nc2c(ccc3c2ncn3C)s1.CC(C)Oc1ccncc1Nc1nc2c(ccc3c2[nH]c[n+]3C)s1.CCOc1ccncc1Nc1nc2c(ccc3c2ncn3C)s1.CCOc1ccncc1Nc1nc2c(ccc3nc(C)n(CC)c32)s1.CCn1c(C)nc2ccc3sc(Nc4cnccc4OC(C)C)nc3c21.Cc1nc2c3nc(Nc4cnccc4OC(C)C)sc3ccc2n1C. The number of anilines is 12. The number of benzene rings is 7. The molecule has 0 unspecified atom stereocenters. The number of rotatable bonds is 26. The van der Waals surface area contributed by atoms with E-state index in [-0.39, 0.29) is 24.4 Å². The van der Waals surface area contributed by atoms with Gasteiger partial charge in [-0.25, -0.2) is 64.4 Å². The second-order valence-corrected chi connectivity index (χ2v) is 41.6. The van der Waals surface area contributed by atoms with Gasteiger partial charge in [-0.2, -0.15) is 5.26 Å². The van der Waals surface area contributed by atoms with E-state index in [1.165, 1.54) is 0 Å². The monoisotopic (exact) mass is 2100 g/mol. The maximum atomic E-state index is 9.19. The molecule has 0 aliphatic heterocycles. The van der Waals surface area contributed by atoms with Crippen molar-refractivity contribution in [2.45, 2.75) is 141 Å². The van der Waals surface area contributed by atoms with Crippen molar-refractivity contribution in [3.63, 3.8) is 0 Å². The molecule has 0 amide bonds. The summed E-state index contributed by atoms with van der Waals surface area (Å²) in [6.07, 6.45) is 23.3. The standard InChI is InChI=1S/C19H17N5OS.C19H21N5OS.2C18H19N5OS.C17H17N5OS.C16H15N5OS/c1-11(2)25-15-6-4-12(9-20)8-13(15)22-19-23-18-16(26-19)7-5-14-17(18)21-10-24(14)3;1-5-24-12(4)21-13-6-7-16-17(18(13)24)23-19(26-16)22-14-10-20-9-8-15(14)25-11(2)3;1-10(2)24-14-7-8-19-9-12(14)21-18-22-17-15(25-18)6-5-13-16(17)20-11(3)23(13)4;1-4-23-11(3)20-12-6-7-15-16(17(12)23)22-18(25-15)21-13-10-19-9-8-14(13)24-5-2;1-10(2)23-13-6-7-18-8-11(13)20-17-21-16-14(24-17)5-4-12-15(16)19-9-22(12)3;1-3-22-12-6-7-17-8-10(12)19-16-20-15-13(23-16)5-4-11-14(15)18-9-21(11)2/h4-8,10-11H,1-3H3,(H,22,23);6-11H,5H2,1-4H3,(H,22,23);5-10H,1-4H3,(H,21,22);6-10H,4-5H2,1-3H3,(H,21,22);4-10H,1-3H3,(H,20,21);4-9H,3H2,1-2H3,(H,19,20)/p+1. The van der Waals surface area contributed by atoms with Crippen LogP contribution in [0.4, 0.5) is 64.9 Å². The molecule has 0 saturated heterocycles. The molecule has 0 bridgehead atoms. The van der Waals surface area contributed by atoms with Crippen LogP contribution in [0.5, 0.6) is 34.5 Å². The summed E-state index contributed by atoms with van der Waals surface area (Å²) in [7, 11) is 7.99. The van der Waals surface area contributed by atoms with E-state index in [1.54, 1.807) is 148 Å². The van der Waals surface area contributed by atoms with Crippen molar-refractivity contribution in [1.82, 2.24) is 108 Å². The van der Waals surface area contributed by atoms with E-state index >= 15 is 0 Å². The van der Waals surface area contributed by atoms with E-state index < -0.39 is 0 Å². The maximum absolute atomic E-state index is 9.19. The molecular formula is C107H109N30O6S6+. The predicted molar refractivity (Wildman–Crippen MR) is 603 cm³/mol. The number of aromatic amines is 1. The molecular weight excluding hydrogens is 1990 g/mol. The van der Waals surface area contributed by atoms with Gasteiger partial charge < -0.3 is 83.2 Å². The Morgan fingerprint density at radius 3 is 1.09 bits per heavy atom. The van der Waals surface area contributed by atoms with E-state index in [9.17, 15) is 5.26 Å². The molecule has 0 aliphatic carbocycles. The smallest absolute Gasteiger partial charge is 0.242 e. The lowest BCUT2D eigenvalue weighted by Gasteiger charge is -2.14. The van der Waals surface area contributed by atoms with Gasteiger partial charge in [-0.15, -0.1) is 0 Å². The molecule has 0 saturated carbocycles. The normalized spacial score (nSPS) is 11.4. The van der Waals surface area contributed by atoms with Crippen molar-refractivity contribution >= 4 is 260 Å². The molecule has 42 heteroatoms. The van der Waals surface area contributed by atoms with Gasteiger partial charge in [0.2, 0.25) is 6.33 Å². The van der Waals surface area contributed by atoms with Crippen molar-refractivity contribution in [3.8, 4) is 40.6 Å². The Bertz CT molecular complexity index is 9020. The van der Waals surface area contributed by atoms with Gasteiger partial charge >= 0.3 is 0 Å². The molecule has 0 fully saturated rings. The van der Waals surface area contributed by atoms with E-state index in [1.807, 2.05) is 176 Å². The number of imidazole rings is 6. The Morgan fingerprint density at radius 1 is 0.362 bits per heavy atom. The molecule has 17 aromatic heterocycles. The fourth-order valence-electron chi connectivity index (χ4n) is 16.9. The molecule has 7 aromatic carbocycles. The average molecular weight is 2100 g/mol. The third-order valence-corrected chi connectivity index (χ3v) is 29.1. The molecule has 149 heavy (non-hydrogen) atoms. The van der Waals surface area contributed by atoms with E-state index in [2.05, 4.69) is 198 Å². The number of pyridine rings is 5. The summed E-state index contributed by atoms with van der Waals surface area (Å²) in [6.45, 7) is 33.2. The van der Waals surface area contributed by atoms with Crippen LogP contribution in [0, 0.1) is 32.1 Å². The molecule has 24 aromatic rings. The van der Waals surface area contributed by atoms with Crippen LogP contribution >= 0.6 is 68.0 Å². The zero-order chi connectivity index (χ0) is 104. The van der Waals surface area contributed by atoms with Gasteiger partial charge in [-0.1, -0.05) is 68.0 Å². The van der Waals surface area contributed by atoms with Crippen LogP contribution in [-0.4, -0.2) is 145 Å². The largest absolute Gasteiger partial charge is 0.492 e. The molecule has 17 heterocycles. The number of aryl methyl sites for hydroxylation is 9. The second-order valence-electron chi connectivity index (χ2n) is 35.4. The summed E-state index contributed by atoms with van der Waals surface area (Å²) in [4.78, 5) is 75.6. The third-order valence-electron chi connectivity index (χ3n) is 23.5. The predicted octanol–water partition coefficient (Wildman–Crippen LogP) is 25.7. The highest BCUT2D eigenvalue weighted by Gasteiger charge is 2.24. The number of fused-ring (bicyclic) bond motifs is 18. The van der Waals surface area contributed by atoms with Gasteiger partial charge in [0.1, 0.15) is 130 Å². The zero-order valence-corrected chi connectivity index (χ0v) is 90.3. The third kappa shape index (κ3) is 22.0. The van der Waals surface area contributed by atoms with Gasteiger partial charge in [0.25, 0.3) is 0 Å². The van der Waals surface area contributed by atoms with Crippen LogP contribution in [0.25, 0.3) is 128 Å². The molecule has 758 valence electrons. The Kier molecular flexibility index (Phi) is 30.2. The summed E-state index contributed by atoms with van der Waals surface area (Å²) in [5.74, 6) is 7.55. The van der Waals surface area contributed by atoms with Gasteiger partial charge in [-0.05, 0) is 195 Å². The van der Waals surface area contributed by atoms with Gasteiger partial charge in [0, 0.05) is 95.5 Å². The first kappa shape index (κ1) is 101. The van der Waals surface area contributed by atoms with Crippen LogP contribution in [0.15, 0.2) is 202 Å². The van der Waals surface area contributed by atoms with Gasteiger partial charge in [0.15, 0.2) is 41.8 Å². The number of ether oxygens (including phenoxy) is 6. The summed E-state index contributed by atoms with van der Waals surface area (Å²) in [5, 5.41) is 34.0. The summed E-state index contributed by atoms with van der Waals surface area (Å²) < 4.78 is 53.8. The zero-order valence-electron chi connectivity index (χ0n) is 85.4. The first-order chi connectivity index (χ1) is 72.2. The number of nitrogens with one attached hydrogen (secondary N) is 7. The van der Waals surface area contributed by atoms with E-state index in [0.717, 1.165) is 252 Å². The maximum Gasteiger partial charge on any atom is 0.242 e. The molecule has 0 atom stereocenters. The number of H-pyrrole nitrogens is 1. The van der Waals surface area contributed by atoms with Crippen LogP contribution < -0.4 is 64.9 Å². The number of thiazole rings is 6. The Labute approximate surface area is 880 Å². The first-order valence-electron chi connectivity index (χ1n) is 48.4.